The Labute approximate surface area is 96.1 Å². The van der Waals surface area contributed by atoms with Gasteiger partial charge < -0.3 is 15.2 Å². The molecule has 1 aromatic heterocycles. The van der Waals surface area contributed by atoms with Crippen molar-refractivity contribution in [1.82, 2.24) is 10.5 Å². The van der Waals surface area contributed by atoms with Crippen LogP contribution in [0.5, 0.6) is 0 Å². The van der Waals surface area contributed by atoms with Gasteiger partial charge in [0.1, 0.15) is 0 Å². The van der Waals surface area contributed by atoms with Gasteiger partial charge in [-0.25, -0.2) is 0 Å². The quantitative estimate of drug-likeness (QED) is 0.819. The van der Waals surface area contributed by atoms with E-state index in [-0.39, 0.29) is 0 Å². The summed E-state index contributed by atoms with van der Waals surface area (Å²) in [6.07, 6.45) is 6.21. The first-order chi connectivity index (χ1) is 7.83. The van der Waals surface area contributed by atoms with Gasteiger partial charge in [0.2, 0.25) is 5.88 Å². The SMILES string of the molecule is CCCNc1oncc1C1=CCCNC1C. The van der Waals surface area contributed by atoms with E-state index in [1.807, 2.05) is 0 Å². The minimum Gasteiger partial charge on any atom is -0.354 e. The van der Waals surface area contributed by atoms with Crippen molar-refractivity contribution in [1.29, 1.82) is 0 Å². The van der Waals surface area contributed by atoms with Crippen LogP contribution in [0.2, 0.25) is 0 Å². The summed E-state index contributed by atoms with van der Waals surface area (Å²) in [5, 5.41) is 10.6. The fraction of sp³-hybridized carbons (Fsp3) is 0.583. The molecule has 0 amide bonds. The average molecular weight is 221 g/mol. The van der Waals surface area contributed by atoms with Gasteiger partial charge in [-0.1, -0.05) is 18.2 Å². The highest BCUT2D eigenvalue weighted by Crippen LogP contribution is 2.28. The normalized spacial score (nSPS) is 20.6. The van der Waals surface area contributed by atoms with Crippen molar-refractivity contribution in [3.05, 3.63) is 17.8 Å². The molecule has 2 heterocycles. The maximum absolute atomic E-state index is 5.24. The molecule has 1 atom stereocenters. The van der Waals surface area contributed by atoms with Crippen LogP contribution in [0.25, 0.3) is 5.57 Å². The number of anilines is 1. The standard InChI is InChI=1S/C12H19N3O/c1-3-6-14-12-11(8-15-16-12)10-5-4-7-13-9(10)2/h5,8-9,13-14H,3-4,6-7H2,1-2H3. The summed E-state index contributed by atoms with van der Waals surface area (Å²) in [6, 6.07) is 0.371. The molecule has 16 heavy (non-hydrogen) atoms. The van der Waals surface area contributed by atoms with E-state index in [9.17, 15) is 0 Å². The van der Waals surface area contributed by atoms with Crippen molar-refractivity contribution in [2.24, 2.45) is 0 Å². The minimum atomic E-state index is 0.371. The third kappa shape index (κ3) is 2.27. The summed E-state index contributed by atoms with van der Waals surface area (Å²) in [5.41, 5.74) is 2.37. The predicted octanol–water partition coefficient (Wildman–Crippen LogP) is 2.26. The Morgan fingerprint density at radius 2 is 2.50 bits per heavy atom. The molecule has 2 N–H and O–H groups in total. The fourth-order valence-electron chi connectivity index (χ4n) is 1.97. The van der Waals surface area contributed by atoms with Crippen LogP contribution in [0.1, 0.15) is 32.3 Å². The Morgan fingerprint density at radius 3 is 3.25 bits per heavy atom. The lowest BCUT2D eigenvalue weighted by atomic mass is 9.98. The highest BCUT2D eigenvalue weighted by Gasteiger charge is 2.19. The van der Waals surface area contributed by atoms with Crippen LogP contribution in [-0.4, -0.2) is 24.3 Å². The maximum Gasteiger partial charge on any atom is 0.232 e. The predicted molar refractivity (Wildman–Crippen MR) is 65.3 cm³/mol. The lowest BCUT2D eigenvalue weighted by Crippen LogP contribution is -2.31. The van der Waals surface area contributed by atoms with Gasteiger partial charge >= 0.3 is 0 Å². The third-order valence-electron chi connectivity index (χ3n) is 2.84. The zero-order chi connectivity index (χ0) is 11.4. The molecular formula is C12H19N3O. The molecule has 0 bridgehead atoms. The molecule has 1 aliphatic rings. The second-order valence-electron chi connectivity index (χ2n) is 4.12. The van der Waals surface area contributed by atoms with Gasteiger partial charge in [0.15, 0.2) is 0 Å². The van der Waals surface area contributed by atoms with Gasteiger partial charge in [-0.05, 0) is 31.9 Å². The van der Waals surface area contributed by atoms with Crippen molar-refractivity contribution < 1.29 is 4.52 Å². The van der Waals surface area contributed by atoms with Gasteiger partial charge in [0.25, 0.3) is 0 Å². The highest BCUT2D eigenvalue weighted by atomic mass is 16.5. The molecule has 0 aliphatic carbocycles. The van der Waals surface area contributed by atoms with Crippen LogP contribution in [0.4, 0.5) is 5.88 Å². The van der Waals surface area contributed by atoms with Crippen molar-refractivity contribution in [2.45, 2.75) is 32.7 Å². The molecular weight excluding hydrogens is 202 g/mol. The van der Waals surface area contributed by atoms with Crippen LogP contribution < -0.4 is 10.6 Å². The van der Waals surface area contributed by atoms with Crippen LogP contribution in [0.15, 0.2) is 16.8 Å². The van der Waals surface area contributed by atoms with Gasteiger partial charge in [0.05, 0.1) is 11.8 Å². The van der Waals surface area contributed by atoms with E-state index in [4.69, 9.17) is 4.52 Å². The maximum atomic E-state index is 5.24. The lowest BCUT2D eigenvalue weighted by molar-refractivity contribution is 0.431. The van der Waals surface area contributed by atoms with E-state index in [1.54, 1.807) is 6.20 Å². The Morgan fingerprint density at radius 1 is 1.62 bits per heavy atom. The van der Waals surface area contributed by atoms with Crippen molar-refractivity contribution in [2.75, 3.05) is 18.4 Å². The smallest absolute Gasteiger partial charge is 0.232 e. The number of hydrogen-bond donors (Lipinski definition) is 2. The summed E-state index contributed by atoms with van der Waals surface area (Å²) in [7, 11) is 0. The molecule has 1 aliphatic heterocycles. The van der Waals surface area contributed by atoms with Crippen LogP contribution in [-0.2, 0) is 0 Å². The zero-order valence-electron chi connectivity index (χ0n) is 9.92. The van der Waals surface area contributed by atoms with Crippen molar-refractivity contribution in [3.63, 3.8) is 0 Å². The second-order valence-corrected chi connectivity index (χ2v) is 4.12. The monoisotopic (exact) mass is 221 g/mol. The highest BCUT2D eigenvalue weighted by molar-refractivity contribution is 5.76. The number of nitrogens with zero attached hydrogens (tertiary/aromatic N) is 1. The molecule has 0 saturated heterocycles. The van der Waals surface area contributed by atoms with Crippen LogP contribution in [0.3, 0.4) is 0 Å². The molecule has 1 unspecified atom stereocenters. The summed E-state index contributed by atoms with van der Waals surface area (Å²) in [4.78, 5) is 0. The Balaban J connectivity index is 2.19. The van der Waals surface area contributed by atoms with E-state index < -0.39 is 0 Å². The number of hydrogen-bond acceptors (Lipinski definition) is 4. The lowest BCUT2D eigenvalue weighted by Gasteiger charge is -2.21. The zero-order valence-corrected chi connectivity index (χ0v) is 9.92. The van der Waals surface area contributed by atoms with E-state index in [2.05, 4.69) is 35.7 Å². The molecule has 4 nitrogen and oxygen atoms in total. The fourth-order valence-corrected chi connectivity index (χ4v) is 1.97. The van der Waals surface area contributed by atoms with Crippen molar-refractivity contribution in [3.8, 4) is 0 Å². The summed E-state index contributed by atoms with van der Waals surface area (Å²) in [5.74, 6) is 0.795. The molecule has 4 heteroatoms. The molecule has 88 valence electrons. The first-order valence-corrected chi connectivity index (χ1v) is 5.95. The molecule has 0 radical (unpaired) electrons. The largest absolute Gasteiger partial charge is 0.354 e. The topological polar surface area (TPSA) is 50.1 Å². The molecule has 1 aromatic rings. The van der Waals surface area contributed by atoms with E-state index in [0.717, 1.165) is 37.4 Å². The molecule has 0 spiro atoms. The van der Waals surface area contributed by atoms with Crippen molar-refractivity contribution >= 4 is 11.5 Å². The Bertz CT molecular complexity index is 370. The van der Waals surface area contributed by atoms with Gasteiger partial charge in [0, 0.05) is 12.6 Å². The van der Waals surface area contributed by atoms with E-state index in [0.29, 0.717) is 6.04 Å². The molecule has 2 rings (SSSR count). The van der Waals surface area contributed by atoms with Crippen LogP contribution in [0, 0.1) is 0 Å². The van der Waals surface area contributed by atoms with Gasteiger partial charge in [-0.15, -0.1) is 0 Å². The number of rotatable bonds is 4. The minimum absolute atomic E-state index is 0.371. The third-order valence-corrected chi connectivity index (χ3v) is 2.84. The number of aromatic nitrogens is 1. The molecule has 0 fully saturated rings. The van der Waals surface area contributed by atoms with Gasteiger partial charge in [-0.2, -0.15) is 0 Å². The Kier molecular flexibility index (Phi) is 3.62. The average Bonchev–Trinajstić information content (AvgIpc) is 2.75. The summed E-state index contributed by atoms with van der Waals surface area (Å²) >= 11 is 0. The molecule has 0 saturated carbocycles. The Hall–Kier alpha value is -1.29. The second kappa shape index (κ2) is 5.16. The summed E-state index contributed by atoms with van der Waals surface area (Å²) in [6.45, 7) is 6.26. The first kappa shape index (κ1) is 11.2. The number of nitrogens with one attached hydrogen (secondary N) is 2. The van der Waals surface area contributed by atoms with Gasteiger partial charge in [-0.3, -0.25) is 0 Å². The van der Waals surface area contributed by atoms with E-state index >= 15 is 0 Å². The summed E-state index contributed by atoms with van der Waals surface area (Å²) < 4.78 is 5.24. The van der Waals surface area contributed by atoms with Crippen LogP contribution >= 0.6 is 0 Å². The molecule has 0 aromatic carbocycles. The first-order valence-electron chi connectivity index (χ1n) is 5.95. The van der Waals surface area contributed by atoms with E-state index in [1.165, 1.54) is 5.57 Å².